The Labute approximate surface area is 160 Å². The summed E-state index contributed by atoms with van der Waals surface area (Å²) in [5.41, 5.74) is 3.89. The highest BCUT2D eigenvalue weighted by atomic mass is 19.1. The number of hydrogen-bond donors (Lipinski definition) is 1. The van der Waals surface area contributed by atoms with Gasteiger partial charge in [0.2, 0.25) is 0 Å². The number of ether oxygens (including phenoxy) is 1. The molecule has 0 aromatic heterocycles. The van der Waals surface area contributed by atoms with Crippen LogP contribution < -0.4 is 10.1 Å². The minimum absolute atomic E-state index is 0.215. The first-order valence-electron chi connectivity index (χ1n) is 9.50. The molecule has 2 aromatic rings. The number of unbranched alkanes of at least 4 members (excludes halogenated alkanes) is 1. The maximum atomic E-state index is 14.2. The van der Waals surface area contributed by atoms with Crippen LogP contribution in [0.2, 0.25) is 0 Å². The Balaban J connectivity index is 1.85. The fraction of sp³-hybridized carbons (Fsp3) is 0.409. The molecule has 144 valence electrons. The molecule has 1 heterocycles. The van der Waals surface area contributed by atoms with Gasteiger partial charge in [0, 0.05) is 24.3 Å². The number of halogens is 1. The summed E-state index contributed by atoms with van der Waals surface area (Å²) < 4.78 is 19.6. The van der Waals surface area contributed by atoms with Gasteiger partial charge in [-0.15, -0.1) is 0 Å². The van der Waals surface area contributed by atoms with E-state index in [1.165, 1.54) is 6.07 Å². The van der Waals surface area contributed by atoms with Crippen molar-refractivity contribution in [3.8, 4) is 5.75 Å². The van der Waals surface area contributed by atoms with Gasteiger partial charge in [-0.05, 0) is 61.7 Å². The molecule has 1 N–H and O–H groups in total. The molecule has 0 aliphatic carbocycles. The molecule has 2 aromatic carbocycles. The lowest BCUT2D eigenvalue weighted by molar-refractivity contribution is 0.102. The van der Waals surface area contributed by atoms with Crippen molar-refractivity contribution in [2.75, 3.05) is 26.0 Å². The summed E-state index contributed by atoms with van der Waals surface area (Å²) in [5, 5.41) is 2.96. The van der Waals surface area contributed by atoms with E-state index in [1.807, 2.05) is 25.2 Å². The standard InChI is InChI=1S/C22H27FN2O2/c1-4-5-6-15-7-8-17(21(13-15)27-3)22(26)24-20-10-9-19(23)18-14-25(2)12-11-16(18)20/h7-10,13H,4-6,11-12,14H2,1-3H3,(H,24,26). The van der Waals surface area contributed by atoms with Gasteiger partial charge in [0.05, 0.1) is 12.7 Å². The van der Waals surface area contributed by atoms with Crippen LogP contribution in [0.25, 0.3) is 0 Å². The maximum Gasteiger partial charge on any atom is 0.259 e. The Hall–Kier alpha value is -2.40. The van der Waals surface area contributed by atoms with E-state index in [9.17, 15) is 9.18 Å². The smallest absolute Gasteiger partial charge is 0.259 e. The number of carbonyl (C=O) groups is 1. The van der Waals surface area contributed by atoms with E-state index >= 15 is 0 Å². The van der Waals surface area contributed by atoms with E-state index in [1.54, 1.807) is 13.2 Å². The zero-order valence-electron chi connectivity index (χ0n) is 16.3. The quantitative estimate of drug-likeness (QED) is 0.819. The van der Waals surface area contributed by atoms with Gasteiger partial charge in [0.15, 0.2) is 0 Å². The van der Waals surface area contributed by atoms with Gasteiger partial charge < -0.3 is 15.0 Å². The molecule has 27 heavy (non-hydrogen) atoms. The molecule has 0 fully saturated rings. The number of amides is 1. The van der Waals surface area contributed by atoms with Crippen molar-refractivity contribution in [1.29, 1.82) is 0 Å². The molecule has 0 spiro atoms. The molecule has 0 bridgehead atoms. The summed E-state index contributed by atoms with van der Waals surface area (Å²) in [6.07, 6.45) is 3.90. The minimum atomic E-state index is -0.235. The van der Waals surface area contributed by atoms with Crippen LogP contribution in [0.5, 0.6) is 5.75 Å². The second-order valence-corrected chi connectivity index (χ2v) is 7.13. The lowest BCUT2D eigenvalue weighted by Gasteiger charge is -2.27. The van der Waals surface area contributed by atoms with Crippen LogP contribution in [0, 0.1) is 5.82 Å². The van der Waals surface area contributed by atoms with Crippen molar-refractivity contribution in [3.05, 3.63) is 58.4 Å². The normalized spacial score (nSPS) is 13.9. The van der Waals surface area contributed by atoms with Crippen LogP contribution in [-0.4, -0.2) is 31.5 Å². The molecule has 4 nitrogen and oxygen atoms in total. The SMILES string of the molecule is CCCCc1ccc(C(=O)Nc2ccc(F)c3c2CCN(C)C3)c(OC)c1. The molecule has 1 aliphatic rings. The number of fused-ring (bicyclic) bond motifs is 1. The monoisotopic (exact) mass is 370 g/mol. The third kappa shape index (κ3) is 4.30. The average molecular weight is 370 g/mol. The van der Waals surface area contributed by atoms with Crippen LogP contribution in [0.15, 0.2) is 30.3 Å². The Bertz CT molecular complexity index is 835. The summed E-state index contributed by atoms with van der Waals surface area (Å²) in [5.74, 6) is 0.117. The van der Waals surface area contributed by atoms with Gasteiger partial charge in [0.25, 0.3) is 5.91 Å². The third-order valence-electron chi connectivity index (χ3n) is 5.12. The first-order valence-corrected chi connectivity index (χ1v) is 9.50. The topological polar surface area (TPSA) is 41.6 Å². The Morgan fingerprint density at radius 1 is 1.26 bits per heavy atom. The second-order valence-electron chi connectivity index (χ2n) is 7.13. The zero-order valence-corrected chi connectivity index (χ0v) is 16.3. The van der Waals surface area contributed by atoms with Gasteiger partial charge >= 0.3 is 0 Å². The van der Waals surface area contributed by atoms with Crippen LogP contribution in [-0.2, 0) is 19.4 Å². The number of hydrogen-bond acceptors (Lipinski definition) is 3. The summed E-state index contributed by atoms with van der Waals surface area (Å²) in [4.78, 5) is 14.9. The van der Waals surface area contributed by atoms with E-state index in [-0.39, 0.29) is 11.7 Å². The summed E-state index contributed by atoms with van der Waals surface area (Å²) >= 11 is 0. The summed E-state index contributed by atoms with van der Waals surface area (Å²) in [6, 6.07) is 8.79. The molecule has 5 heteroatoms. The van der Waals surface area contributed by atoms with E-state index in [2.05, 4.69) is 17.1 Å². The molecular formula is C22H27FN2O2. The molecule has 0 saturated carbocycles. The summed E-state index contributed by atoms with van der Waals surface area (Å²) in [6.45, 7) is 3.55. The van der Waals surface area contributed by atoms with Crippen LogP contribution in [0.4, 0.5) is 10.1 Å². The minimum Gasteiger partial charge on any atom is -0.496 e. The van der Waals surface area contributed by atoms with Crippen molar-refractivity contribution in [1.82, 2.24) is 4.90 Å². The van der Waals surface area contributed by atoms with Gasteiger partial charge in [0.1, 0.15) is 11.6 Å². The third-order valence-corrected chi connectivity index (χ3v) is 5.12. The van der Waals surface area contributed by atoms with Gasteiger partial charge in [-0.3, -0.25) is 4.79 Å². The molecule has 0 unspecified atom stereocenters. The largest absolute Gasteiger partial charge is 0.496 e. The fourth-order valence-corrected chi connectivity index (χ4v) is 3.54. The molecule has 0 saturated heterocycles. The lowest BCUT2D eigenvalue weighted by atomic mass is 9.97. The van der Waals surface area contributed by atoms with Crippen molar-refractivity contribution < 1.29 is 13.9 Å². The number of nitrogens with zero attached hydrogens (tertiary/aromatic N) is 1. The number of rotatable bonds is 6. The molecule has 1 aliphatic heterocycles. The lowest BCUT2D eigenvalue weighted by Crippen LogP contribution is -2.28. The summed E-state index contributed by atoms with van der Waals surface area (Å²) in [7, 11) is 3.55. The Kier molecular flexibility index (Phi) is 6.11. The number of anilines is 1. The predicted molar refractivity (Wildman–Crippen MR) is 106 cm³/mol. The zero-order chi connectivity index (χ0) is 19.4. The van der Waals surface area contributed by atoms with Crippen molar-refractivity contribution in [2.24, 2.45) is 0 Å². The molecule has 3 rings (SSSR count). The number of carbonyl (C=O) groups excluding carboxylic acids is 1. The number of benzene rings is 2. The van der Waals surface area contributed by atoms with Crippen molar-refractivity contribution in [3.63, 3.8) is 0 Å². The number of aryl methyl sites for hydroxylation is 1. The number of methoxy groups -OCH3 is 1. The second kappa shape index (κ2) is 8.53. The van der Waals surface area contributed by atoms with E-state index < -0.39 is 0 Å². The van der Waals surface area contributed by atoms with Gasteiger partial charge in [-0.25, -0.2) is 4.39 Å². The predicted octanol–water partition coefficient (Wildman–Crippen LogP) is 4.42. The number of likely N-dealkylation sites (N-methyl/N-ethyl adjacent to an activating group) is 1. The van der Waals surface area contributed by atoms with E-state index in [0.717, 1.165) is 36.9 Å². The van der Waals surface area contributed by atoms with Crippen LogP contribution in [0.1, 0.15) is 46.8 Å². The maximum absolute atomic E-state index is 14.2. The fourth-order valence-electron chi connectivity index (χ4n) is 3.54. The number of nitrogens with one attached hydrogen (secondary N) is 1. The van der Waals surface area contributed by atoms with Crippen molar-refractivity contribution >= 4 is 11.6 Å². The molecule has 1 amide bonds. The first-order chi connectivity index (χ1) is 13.0. The molecule has 0 radical (unpaired) electrons. The highest BCUT2D eigenvalue weighted by molar-refractivity contribution is 6.06. The molecular weight excluding hydrogens is 343 g/mol. The Morgan fingerprint density at radius 2 is 2.07 bits per heavy atom. The highest BCUT2D eigenvalue weighted by Crippen LogP contribution is 2.29. The van der Waals surface area contributed by atoms with E-state index in [4.69, 9.17) is 4.74 Å². The average Bonchev–Trinajstić information content (AvgIpc) is 2.68. The molecule has 0 atom stereocenters. The van der Waals surface area contributed by atoms with Crippen LogP contribution >= 0.6 is 0 Å². The van der Waals surface area contributed by atoms with Crippen LogP contribution in [0.3, 0.4) is 0 Å². The first kappa shape index (κ1) is 19.4. The Morgan fingerprint density at radius 3 is 2.81 bits per heavy atom. The van der Waals surface area contributed by atoms with E-state index in [0.29, 0.717) is 35.5 Å². The highest BCUT2D eigenvalue weighted by Gasteiger charge is 2.22. The van der Waals surface area contributed by atoms with Gasteiger partial charge in [-0.1, -0.05) is 19.4 Å². The van der Waals surface area contributed by atoms with Crippen molar-refractivity contribution in [2.45, 2.75) is 39.2 Å². The van der Waals surface area contributed by atoms with Gasteiger partial charge in [-0.2, -0.15) is 0 Å².